The number of amides is 1. The Labute approximate surface area is 166 Å². The standard InChI is InChI=1S/C20H20N2O7/c1-4-28-19(24)14-9-15(11-17(10-14)22(26)27)20(25)29-13(3)18(23)21-16-7-5-6-12(2)8-16/h5-11,13H,4H2,1-3H3,(H,21,23). The van der Waals surface area contributed by atoms with Gasteiger partial charge in [-0.3, -0.25) is 14.9 Å². The number of anilines is 1. The summed E-state index contributed by atoms with van der Waals surface area (Å²) in [7, 11) is 0. The Hall–Kier alpha value is -3.75. The van der Waals surface area contributed by atoms with Crippen molar-refractivity contribution in [3.8, 4) is 0 Å². The van der Waals surface area contributed by atoms with Crippen molar-refractivity contribution in [2.45, 2.75) is 26.9 Å². The molecule has 1 unspecified atom stereocenters. The third-order valence-electron chi connectivity index (χ3n) is 3.81. The van der Waals surface area contributed by atoms with E-state index in [2.05, 4.69) is 5.32 Å². The van der Waals surface area contributed by atoms with Crippen LogP contribution in [-0.4, -0.2) is 35.5 Å². The molecule has 0 aliphatic rings. The lowest BCUT2D eigenvalue weighted by Crippen LogP contribution is -2.30. The van der Waals surface area contributed by atoms with E-state index < -0.39 is 34.6 Å². The average Bonchev–Trinajstić information content (AvgIpc) is 2.67. The monoisotopic (exact) mass is 400 g/mol. The molecule has 0 saturated heterocycles. The molecule has 0 radical (unpaired) electrons. The first-order valence-electron chi connectivity index (χ1n) is 8.76. The number of nitro benzene ring substituents is 1. The fraction of sp³-hybridized carbons (Fsp3) is 0.250. The molecule has 0 aliphatic heterocycles. The zero-order valence-corrected chi connectivity index (χ0v) is 16.1. The Kier molecular flexibility index (Phi) is 7.02. The summed E-state index contributed by atoms with van der Waals surface area (Å²) in [5.41, 5.74) is 0.607. The molecule has 2 aromatic rings. The van der Waals surface area contributed by atoms with Crippen molar-refractivity contribution in [3.63, 3.8) is 0 Å². The molecular formula is C20H20N2O7. The van der Waals surface area contributed by atoms with Gasteiger partial charge in [0.25, 0.3) is 11.6 Å². The third kappa shape index (κ3) is 5.86. The topological polar surface area (TPSA) is 125 Å². The highest BCUT2D eigenvalue weighted by Crippen LogP contribution is 2.20. The second-order valence-electron chi connectivity index (χ2n) is 6.15. The number of aryl methyl sites for hydroxylation is 1. The Bertz CT molecular complexity index is 956. The van der Waals surface area contributed by atoms with E-state index >= 15 is 0 Å². The number of nitro groups is 1. The molecule has 0 heterocycles. The van der Waals surface area contributed by atoms with Gasteiger partial charge in [-0.05, 0) is 44.5 Å². The minimum atomic E-state index is -1.17. The smallest absolute Gasteiger partial charge is 0.339 e. The van der Waals surface area contributed by atoms with Crippen LogP contribution in [0.4, 0.5) is 11.4 Å². The molecule has 0 bridgehead atoms. The van der Waals surface area contributed by atoms with E-state index in [4.69, 9.17) is 9.47 Å². The minimum absolute atomic E-state index is 0.0669. The summed E-state index contributed by atoms with van der Waals surface area (Å²) >= 11 is 0. The lowest BCUT2D eigenvalue weighted by Gasteiger charge is -2.14. The van der Waals surface area contributed by atoms with Gasteiger partial charge >= 0.3 is 11.9 Å². The average molecular weight is 400 g/mol. The summed E-state index contributed by atoms with van der Waals surface area (Å²) in [4.78, 5) is 46.9. The predicted molar refractivity (Wildman–Crippen MR) is 104 cm³/mol. The van der Waals surface area contributed by atoms with Gasteiger partial charge in [-0.2, -0.15) is 0 Å². The van der Waals surface area contributed by atoms with Crippen molar-refractivity contribution in [2.24, 2.45) is 0 Å². The van der Waals surface area contributed by atoms with Gasteiger partial charge in [0.05, 0.1) is 22.7 Å². The van der Waals surface area contributed by atoms with Crippen molar-refractivity contribution in [1.29, 1.82) is 0 Å². The number of ether oxygens (including phenoxy) is 2. The molecule has 0 spiro atoms. The van der Waals surface area contributed by atoms with Crippen molar-refractivity contribution in [1.82, 2.24) is 0 Å². The highest BCUT2D eigenvalue weighted by molar-refractivity contribution is 5.99. The quantitative estimate of drug-likeness (QED) is 0.429. The number of carbonyl (C=O) groups excluding carboxylic acids is 3. The van der Waals surface area contributed by atoms with Crippen molar-refractivity contribution in [2.75, 3.05) is 11.9 Å². The fourth-order valence-corrected chi connectivity index (χ4v) is 2.42. The maximum Gasteiger partial charge on any atom is 0.339 e. The van der Waals surface area contributed by atoms with Gasteiger partial charge < -0.3 is 14.8 Å². The zero-order chi connectivity index (χ0) is 21.6. The summed E-state index contributed by atoms with van der Waals surface area (Å²) in [6.45, 7) is 4.88. The number of non-ortho nitro benzene ring substituents is 1. The van der Waals surface area contributed by atoms with Crippen LogP contribution in [0.2, 0.25) is 0 Å². The van der Waals surface area contributed by atoms with Gasteiger partial charge in [-0.25, -0.2) is 9.59 Å². The van der Waals surface area contributed by atoms with Crippen LogP contribution in [0.15, 0.2) is 42.5 Å². The van der Waals surface area contributed by atoms with Crippen LogP contribution >= 0.6 is 0 Å². The molecule has 0 fully saturated rings. The van der Waals surface area contributed by atoms with Crippen LogP contribution in [0.5, 0.6) is 0 Å². The lowest BCUT2D eigenvalue weighted by molar-refractivity contribution is -0.384. The van der Waals surface area contributed by atoms with Gasteiger partial charge in [0.1, 0.15) is 0 Å². The normalized spacial score (nSPS) is 11.3. The first-order chi connectivity index (χ1) is 13.7. The summed E-state index contributed by atoms with van der Waals surface area (Å²) in [6.07, 6.45) is -1.17. The first-order valence-corrected chi connectivity index (χ1v) is 8.76. The Morgan fingerprint density at radius 1 is 1.10 bits per heavy atom. The fourth-order valence-electron chi connectivity index (χ4n) is 2.42. The van der Waals surface area contributed by atoms with E-state index in [0.717, 1.165) is 23.8 Å². The number of nitrogens with one attached hydrogen (secondary N) is 1. The highest BCUT2D eigenvalue weighted by atomic mass is 16.6. The molecule has 1 N–H and O–H groups in total. The van der Waals surface area contributed by atoms with Gasteiger partial charge in [0.15, 0.2) is 6.10 Å². The van der Waals surface area contributed by atoms with E-state index in [0.29, 0.717) is 5.69 Å². The number of rotatable bonds is 7. The van der Waals surface area contributed by atoms with Gasteiger partial charge in [0.2, 0.25) is 0 Å². The van der Waals surface area contributed by atoms with Crippen molar-refractivity contribution in [3.05, 3.63) is 69.3 Å². The molecule has 2 rings (SSSR count). The zero-order valence-electron chi connectivity index (χ0n) is 16.1. The largest absolute Gasteiger partial charge is 0.462 e. The molecule has 152 valence electrons. The van der Waals surface area contributed by atoms with Gasteiger partial charge in [-0.1, -0.05) is 12.1 Å². The van der Waals surface area contributed by atoms with Crippen LogP contribution in [0, 0.1) is 17.0 Å². The Morgan fingerprint density at radius 2 is 1.76 bits per heavy atom. The molecule has 1 atom stereocenters. The summed E-state index contributed by atoms with van der Waals surface area (Å²) < 4.78 is 9.92. The number of hydrogen-bond donors (Lipinski definition) is 1. The summed E-state index contributed by atoms with van der Waals surface area (Å²) in [5.74, 6) is -2.36. The predicted octanol–water partition coefficient (Wildman–Crippen LogP) is 3.26. The van der Waals surface area contributed by atoms with Crippen LogP contribution in [0.1, 0.15) is 40.1 Å². The van der Waals surface area contributed by atoms with E-state index in [1.807, 2.05) is 13.0 Å². The molecule has 2 aromatic carbocycles. The highest BCUT2D eigenvalue weighted by Gasteiger charge is 2.23. The summed E-state index contributed by atoms with van der Waals surface area (Å²) in [5, 5.41) is 13.7. The molecule has 9 heteroatoms. The van der Waals surface area contributed by atoms with Gasteiger partial charge in [0, 0.05) is 17.8 Å². The van der Waals surface area contributed by atoms with Crippen LogP contribution in [0.25, 0.3) is 0 Å². The maximum absolute atomic E-state index is 12.4. The Morgan fingerprint density at radius 3 is 2.34 bits per heavy atom. The van der Waals surface area contributed by atoms with Crippen LogP contribution < -0.4 is 5.32 Å². The van der Waals surface area contributed by atoms with Crippen molar-refractivity contribution >= 4 is 29.2 Å². The first kappa shape index (κ1) is 21.5. The second-order valence-corrected chi connectivity index (χ2v) is 6.15. The third-order valence-corrected chi connectivity index (χ3v) is 3.81. The lowest BCUT2D eigenvalue weighted by atomic mass is 10.1. The Balaban J connectivity index is 2.17. The van der Waals surface area contributed by atoms with E-state index in [1.54, 1.807) is 25.1 Å². The second kappa shape index (κ2) is 9.45. The maximum atomic E-state index is 12.4. The van der Waals surface area contributed by atoms with E-state index in [1.165, 1.54) is 6.92 Å². The molecule has 1 amide bonds. The molecule has 0 aliphatic carbocycles. The van der Waals surface area contributed by atoms with E-state index in [-0.39, 0.29) is 17.7 Å². The molecule has 9 nitrogen and oxygen atoms in total. The summed E-state index contributed by atoms with van der Waals surface area (Å²) in [6, 6.07) is 10.2. The molecular weight excluding hydrogens is 380 g/mol. The number of nitrogens with zero attached hydrogens (tertiary/aromatic N) is 1. The number of hydrogen-bond acceptors (Lipinski definition) is 7. The van der Waals surface area contributed by atoms with Crippen LogP contribution in [-0.2, 0) is 14.3 Å². The van der Waals surface area contributed by atoms with Gasteiger partial charge in [-0.15, -0.1) is 0 Å². The molecule has 0 saturated carbocycles. The molecule has 0 aromatic heterocycles. The SMILES string of the molecule is CCOC(=O)c1cc(C(=O)OC(C)C(=O)Nc2cccc(C)c2)cc([N+](=O)[O-])c1. The minimum Gasteiger partial charge on any atom is -0.462 e. The number of esters is 2. The van der Waals surface area contributed by atoms with E-state index in [9.17, 15) is 24.5 Å². The number of carbonyl (C=O) groups is 3. The molecule has 29 heavy (non-hydrogen) atoms. The van der Waals surface area contributed by atoms with Crippen LogP contribution in [0.3, 0.4) is 0 Å². The van der Waals surface area contributed by atoms with Crippen molar-refractivity contribution < 1.29 is 28.8 Å². The number of benzene rings is 2.